The Morgan fingerprint density at radius 1 is 1.00 bits per heavy atom. The summed E-state index contributed by atoms with van der Waals surface area (Å²) in [6, 6.07) is 4.87. The fourth-order valence-corrected chi connectivity index (χ4v) is 8.27. The van der Waals surface area contributed by atoms with E-state index in [2.05, 4.69) is 51.1 Å². The van der Waals surface area contributed by atoms with Crippen LogP contribution in [-0.4, -0.2) is 60.5 Å². The number of amides is 1. The van der Waals surface area contributed by atoms with Crippen LogP contribution in [0.4, 0.5) is 0 Å². The molecule has 0 saturated heterocycles. The minimum atomic E-state index is -0.765. The minimum absolute atomic E-state index is 0.0239. The molecule has 7 heteroatoms. The summed E-state index contributed by atoms with van der Waals surface area (Å²) < 4.78 is 13.7. The molecule has 3 heterocycles. The van der Waals surface area contributed by atoms with E-state index in [1.54, 1.807) is 11.3 Å². The molecule has 6 nitrogen and oxygen atoms in total. The van der Waals surface area contributed by atoms with Gasteiger partial charge in [0.25, 0.3) is 11.7 Å². The first-order valence-electron chi connectivity index (χ1n) is 15.0. The van der Waals surface area contributed by atoms with Gasteiger partial charge in [-0.15, -0.1) is 11.3 Å². The van der Waals surface area contributed by atoms with Gasteiger partial charge in [0.2, 0.25) is 0 Å². The minimum Gasteiger partial charge on any atom is -0.448 e. The summed E-state index contributed by atoms with van der Waals surface area (Å²) >= 11 is 1.73. The summed E-state index contributed by atoms with van der Waals surface area (Å²) in [7, 11) is 4.32. The number of nitrogens with zero attached hydrogens (tertiary/aromatic N) is 2. The van der Waals surface area contributed by atoms with Crippen LogP contribution in [0.25, 0.3) is 10.4 Å². The first-order valence-corrected chi connectivity index (χ1v) is 15.8. The van der Waals surface area contributed by atoms with Gasteiger partial charge < -0.3 is 19.3 Å². The summed E-state index contributed by atoms with van der Waals surface area (Å²) in [6.07, 6.45) is 7.56. The zero-order chi connectivity index (χ0) is 29.2. The van der Waals surface area contributed by atoms with E-state index in [1.165, 1.54) is 4.88 Å². The summed E-state index contributed by atoms with van der Waals surface area (Å²) in [4.78, 5) is 33.6. The van der Waals surface area contributed by atoms with Crippen LogP contribution < -0.4 is 9.47 Å². The third-order valence-electron chi connectivity index (χ3n) is 9.71. The molecular weight excluding hydrogens is 532 g/mol. The van der Waals surface area contributed by atoms with Crippen molar-refractivity contribution >= 4 is 23.0 Å². The topological polar surface area (TPSA) is 59.1 Å². The van der Waals surface area contributed by atoms with E-state index in [1.807, 2.05) is 25.7 Å². The van der Waals surface area contributed by atoms with Gasteiger partial charge in [-0.2, -0.15) is 0 Å². The van der Waals surface area contributed by atoms with Crippen LogP contribution >= 0.6 is 11.3 Å². The number of benzene rings is 1. The number of Topliss-reactive ketones (excluding diaryl/α,β-unsaturated/α-hetero) is 1. The molecule has 0 spiro atoms. The van der Waals surface area contributed by atoms with Gasteiger partial charge in [0.1, 0.15) is 0 Å². The molecule has 1 fully saturated rings. The lowest BCUT2D eigenvalue weighted by Gasteiger charge is -2.39. The number of carbonyl (C=O) groups excluding carboxylic acids is 2. The quantitative estimate of drug-likeness (QED) is 0.390. The molecule has 1 atom stereocenters. The molecule has 1 unspecified atom stereocenters. The molecule has 1 saturated carbocycles. The van der Waals surface area contributed by atoms with Crippen molar-refractivity contribution < 1.29 is 19.1 Å². The van der Waals surface area contributed by atoms with Crippen LogP contribution in [0.2, 0.25) is 0 Å². The number of rotatable bonds is 5. The Morgan fingerprint density at radius 3 is 2.34 bits per heavy atom. The van der Waals surface area contributed by atoms with E-state index < -0.39 is 5.79 Å². The molecule has 2 aliphatic carbocycles. The summed E-state index contributed by atoms with van der Waals surface area (Å²) in [5.74, 6) is 1.11. The van der Waals surface area contributed by atoms with E-state index in [4.69, 9.17) is 9.47 Å². The molecule has 218 valence electrons. The van der Waals surface area contributed by atoms with Crippen molar-refractivity contribution in [2.45, 2.75) is 85.0 Å². The first-order chi connectivity index (χ1) is 19.5. The van der Waals surface area contributed by atoms with Crippen molar-refractivity contribution in [1.82, 2.24) is 9.80 Å². The highest BCUT2D eigenvalue weighted by Gasteiger charge is 2.49. The van der Waals surface area contributed by atoms with Gasteiger partial charge >= 0.3 is 0 Å². The molecule has 0 radical (unpaired) electrons. The third-order valence-corrected chi connectivity index (χ3v) is 10.7. The van der Waals surface area contributed by atoms with Crippen LogP contribution in [0, 0.1) is 19.8 Å². The number of carbonyl (C=O) groups is 2. The number of aryl methyl sites for hydroxylation is 1. The maximum atomic E-state index is 14.2. The van der Waals surface area contributed by atoms with Crippen molar-refractivity contribution in [1.29, 1.82) is 0 Å². The summed E-state index contributed by atoms with van der Waals surface area (Å²) in [5.41, 5.74) is 6.42. The Morgan fingerprint density at radius 2 is 1.71 bits per heavy atom. The Kier molecular flexibility index (Phi) is 7.18. The number of ether oxygens (including phenoxy) is 2. The maximum Gasteiger partial charge on any atom is 0.254 e. The third kappa shape index (κ3) is 4.85. The van der Waals surface area contributed by atoms with Gasteiger partial charge in [-0.3, -0.25) is 9.59 Å². The van der Waals surface area contributed by atoms with Gasteiger partial charge in [-0.25, -0.2) is 0 Å². The highest BCUT2D eigenvalue weighted by Crippen LogP contribution is 2.56. The van der Waals surface area contributed by atoms with E-state index in [9.17, 15) is 9.59 Å². The van der Waals surface area contributed by atoms with Crippen molar-refractivity contribution in [2.75, 3.05) is 27.2 Å². The van der Waals surface area contributed by atoms with E-state index in [0.717, 1.165) is 69.7 Å². The Balaban J connectivity index is 1.39. The highest BCUT2D eigenvalue weighted by molar-refractivity contribution is 7.15. The number of thiophene rings is 1. The molecule has 6 rings (SSSR count). The standard InChI is InChI=1S/C34H42N2O4S/c1-19-16-20(2)26(27(37)17-19)18-36-15-14-25-29(33(36)38)22(4)31-32(30(25)28-13-8-21(3)41-28)40-34(5,39-31)23-9-11-24(12-10-23)35(6)7/h8,13,16,23-24H,9-12,14-15,17-18H2,1-7H3. The zero-order valence-electron chi connectivity index (χ0n) is 25.5. The predicted molar refractivity (Wildman–Crippen MR) is 164 cm³/mol. The SMILES string of the molecule is CC1=CC(C)=C(CN2CCc3c(c(C)c4c(c3-c3ccc(C)s3)OC(C)(C3CCC(N(C)C)CC3)O4)C2=O)C(=O)C1. The number of hydrogen-bond donors (Lipinski definition) is 0. The molecule has 0 N–H and O–H groups in total. The second kappa shape index (κ2) is 10.4. The largest absolute Gasteiger partial charge is 0.448 e. The molecule has 2 aliphatic heterocycles. The van der Waals surface area contributed by atoms with E-state index in [-0.39, 0.29) is 17.6 Å². The van der Waals surface area contributed by atoms with Gasteiger partial charge in [0.05, 0.1) is 5.56 Å². The van der Waals surface area contributed by atoms with Gasteiger partial charge in [0, 0.05) is 64.8 Å². The number of ketones is 1. The molecule has 1 aromatic carbocycles. The Labute approximate surface area is 248 Å². The van der Waals surface area contributed by atoms with Crippen LogP contribution in [0.15, 0.2) is 34.9 Å². The first kappa shape index (κ1) is 28.2. The molecule has 1 amide bonds. The van der Waals surface area contributed by atoms with E-state index >= 15 is 0 Å². The van der Waals surface area contributed by atoms with Crippen molar-refractivity contribution in [3.63, 3.8) is 0 Å². The van der Waals surface area contributed by atoms with Gasteiger partial charge in [-0.05, 0) is 97.2 Å². The normalized spacial score (nSPS) is 26.1. The fraction of sp³-hybridized carbons (Fsp3) is 0.529. The predicted octanol–water partition coefficient (Wildman–Crippen LogP) is 6.87. The van der Waals surface area contributed by atoms with Gasteiger partial charge in [-0.1, -0.05) is 11.6 Å². The fourth-order valence-electron chi connectivity index (χ4n) is 7.33. The second-order valence-corrected chi connectivity index (χ2v) is 14.1. The monoisotopic (exact) mass is 574 g/mol. The van der Waals surface area contributed by atoms with Crippen LogP contribution in [0.1, 0.15) is 79.2 Å². The average molecular weight is 575 g/mol. The Bertz CT molecular complexity index is 1490. The second-order valence-electron chi connectivity index (χ2n) is 12.8. The lowest BCUT2D eigenvalue weighted by atomic mass is 9.81. The van der Waals surface area contributed by atoms with Crippen molar-refractivity contribution in [3.05, 3.63) is 56.5 Å². The van der Waals surface area contributed by atoms with Crippen molar-refractivity contribution in [2.24, 2.45) is 5.92 Å². The van der Waals surface area contributed by atoms with Gasteiger partial charge in [0.15, 0.2) is 17.3 Å². The Hall–Kier alpha value is -2.90. The highest BCUT2D eigenvalue weighted by atomic mass is 32.1. The van der Waals surface area contributed by atoms with Crippen LogP contribution in [0.5, 0.6) is 11.5 Å². The molecule has 4 aliphatic rings. The van der Waals surface area contributed by atoms with Crippen molar-refractivity contribution in [3.8, 4) is 21.9 Å². The summed E-state index contributed by atoms with van der Waals surface area (Å²) in [6.45, 7) is 11.1. The number of hydrogen-bond acceptors (Lipinski definition) is 6. The maximum absolute atomic E-state index is 14.2. The van der Waals surface area contributed by atoms with Crippen LogP contribution in [0.3, 0.4) is 0 Å². The smallest absolute Gasteiger partial charge is 0.254 e. The van der Waals surface area contributed by atoms with E-state index in [0.29, 0.717) is 43.3 Å². The van der Waals surface area contributed by atoms with Crippen LogP contribution in [-0.2, 0) is 11.2 Å². The molecule has 1 aromatic heterocycles. The summed E-state index contributed by atoms with van der Waals surface area (Å²) in [5, 5.41) is 0. The average Bonchev–Trinajstić information content (AvgIpc) is 3.51. The zero-order valence-corrected chi connectivity index (χ0v) is 26.3. The number of allylic oxidation sites excluding steroid dienone is 3. The lowest BCUT2D eigenvalue weighted by molar-refractivity contribution is -0.123. The number of fused-ring (bicyclic) bond motifs is 2. The molecular formula is C34H42N2O4S. The molecule has 41 heavy (non-hydrogen) atoms. The lowest BCUT2D eigenvalue weighted by Crippen LogP contribution is -2.46. The molecule has 0 bridgehead atoms. The molecule has 2 aromatic rings.